The topological polar surface area (TPSA) is 83.1 Å². The maximum Gasteiger partial charge on any atom is 0.243 e. The van der Waals surface area contributed by atoms with Crippen molar-refractivity contribution >= 4 is 11.6 Å². The van der Waals surface area contributed by atoms with Crippen molar-refractivity contribution in [2.45, 2.75) is 6.92 Å². The molecule has 0 aromatic heterocycles. The predicted octanol–water partition coefficient (Wildman–Crippen LogP) is 0.785. The molecule has 0 heterocycles. The van der Waals surface area contributed by atoms with Crippen LogP contribution in [0.4, 0.5) is 5.69 Å². The minimum atomic E-state index is -0.205. The summed E-state index contributed by atoms with van der Waals surface area (Å²) in [5.41, 5.74) is 3.08. The molecule has 0 unspecified atom stereocenters. The number of hydrazine groups is 1. The number of nitrogens with two attached hydrogens (primary N) is 1. The fourth-order valence-corrected chi connectivity index (χ4v) is 0.958. The Kier molecular flexibility index (Phi) is 3.42. The first-order valence-electron chi connectivity index (χ1n) is 3.97. The minimum absolute atomic E-state index is 0.205. The van der Waals surface area contributed by atoms with E-state index in [-0.39, 0.29) is 5.91 Å². The molecule has 0 aliphatic heterocycles. The molecule has 1 aromatic carbocycles. The molecule has 0 aliphatic rings. The molecule has 74 valence electrons. The van der Waals surface area contributed by atoms with E-state index >= 15 is 0 Å². The van der Waals surface area contributed by atoms with Gasteiger partial charge in [-0.2, -0.15) is 5.53 Å². The Hall–Kier alpha value is -2.11. The molecular formula is C8H11N5O. The zero-order valence-corrected chi connectivity index (χ0v) is 7.71. The van der Waals surface area contributed by atoms with Crippen LogP contribution in [0.2, 0.25) is 0 Å². The van der Waals surface area contributed by atoms with E-state index in [0.29, 0.717) is 5.69 Å². The average molecular weight is 193 g/mol. The van der Waals surface area contributed by atoms with E-state index in [9.17, 15) is 4.79 Å². The summed E-state index contributed by atoms with van der Waals surface area (Å²) in [5, 5.41) is 7.56. The van der Waals surface area contributed by atoms with E-state index in [1.54, 1.807) is 12.1 Å². The normalized spacial score (nSPS) is 10.1. The lowest BCUT2D eigenvalue weighted by Gasteiger charge is -2.18. The highest BCUT2D eigenvalue weighted by atomic mass is 16.2. The molecule has 0 fully saturated rings. The predicted molar refractivity (Wildman–Crippen MR) is 51.8 cm³/mol. The van der Waals surface area contributed by atoms with Crippen LogP contribution in [-0.4, -0.2) is 5.91 Å². The van der Waals surface area contributed by atoms with Gasteiger partial charge < -0.3 is 5.84 Å². The Morgan fingerprint density at radius 1 is 1.43 bits per heavy atom. The van der Waals surface area contributed by atoms with Crippen LogP contribution in [0.15, 0.2) is 40.8 Å². The molecule has 0 atom stereocenters. The Labute approximate surface area is 81.3 Å². The second kappa shape index (κ2) is 4.80. The molecule has 14 heavy (non-hydrogen) atoms. The van der Waals surface area contributed by atoms with Gasteiger partial charge in [-0.25, -0.2) is 5.01 Å². The second-order valence-electron chi connectivity index (χ2n) is 2.51. The Balaban J connectivity index is 2.83. The van der Waals surface area contributed by atoms with Crippen LogP contribution in [0, 0.1) is 0 Å². The molecular weight excluding hydrogens is 182 g/mol. The third kappa shape index (κ3) is 2.44. The van der Waals surface area contributed by atoms with Gasteiger partial charge in [0.1, 0.15) is 0 Å². The van der Waals surface area contributed by atoms with E-state index < -0.39 is 0 Å². The van der Waals surface area contributed by atoms with E-state index in [2.05, 4.69) is 16.0 Å². The van der Waals surface area contributed by atoms with Crippen molar-refractivity contribution in [2.75, 3.05) is 5.01 Å². The number of amides is 1. The summed E-state index contributed by atoms with van der Waals surface area (Å²) in [5.74, 6) is 4.61. The Bertz CT molecular complexity index is 324. The van der Waals surface area contributed by atoms with Gasteiger partial charge in [0.05, 0.1) is 5.69 Å². The zero-order chi connectivity index (χ0) is 10.4. The summed E-state index contributed by atoms with van der Waals surface area (Å²) in [4.78, 5) is 11.2. The molecule has 1 aromatic rings. The first-order chi connectivity index (χ1) is 6.75. The fourth-order valence-electron chi connectivity index (χ4n) is 0.958. The molecule has 0 spiro atoms. The molecule has 0 aliphatic carbocycles. The molecule has 0 radical (unpaired) electrons. The summed E-state index contributed by atoms with van der Waals surface area (Å²) >= 11 is 0. The lowest BCUT2D eigenvalue weighted by molar-refractivity contribution is -0.117. The van der Waals surface area contributed by atoms with Crippen molar-refractivity contribution in [3.05, 3.63) is 30.3 Å². The van der Waals surface area contributed by atoms with Gasteiger partial charge in [-0.1, -0.05) is 23.4 Å². The monoisotopic (exact) mass is 193 g/mol. The number of nitrogens with one attached hydrogen (secondary N) is 1. The third-order valence-corrected chi connectivity index (χ3v) is 1.53. The highest BCUT2D eigenvalue weighted by molar-refractivity contribution is 5.90. The summed E-state index contributed by atoms with van der Waals surface area (Å²) in [6.45, 7) is 1.41. The van der Waals surface area contributed by atoms with Crippen molar-refractivity contribution in [3.8, 4) is 0 Å². The SMILES string of the molecule is CC(=O)N(NN=NN)c1ccccc1. The van der Waals surface area contributed by atoms with Gasteiger partial charge >= 0.3 is 0 Å². The van der Waals surface area contributed by atoms with Crippen LogP contribution < -0.4 is 16.4 Å². The molecule has 3 N–H and O–H groups in total. The smallest absolute Gasteiger partial charge is 0.243 e. The van der Waals surface area contributed by atoms with Crippen molar-refractivity contribution in [1.82, 2.24) is 5.53 Å². The molecule has 0 saturated heterocycles. The zero-order valence-electron chi connectivity index (χ0n) is 7.71. The van der Waals surface area contributed by atoms with Crippen molar-refractivity contribution in [1.29, 1.82) is 0 Å². The number of carbonyl (C=O) groups excluding carboxylic acids is 1. The number of benzene rings is 1. The van der Waals surface area contributed by atoms with E-state index in [0.717, 1.165) is 0 Å². The largest absolute Gasteiger partial charge is 0.303 e. The van der Waals surface area contributed by atoms with Gasteiger partial charge in [0.25, 0.3) is 0 Å². The Morgan fingerprint density at radius 2 is 2.07 bits per heavy atom. The van der Waals surface area contributed by atoms with Crippen LogP contribution in [0.5, 0.6) is 0 Å². The maximum atomic E-state index is 11.2. The molecule has 0 saturated carbocycles. The van der Waals surface area contributed by atoms with Crippen LogP contribution in [0.3, 0.4) is 0 Å². The number of hydrogen-bond donors (Lipinski definition) is 2. The van der Waals surface area contributed by atoms with Crippen molar-refractivity contribution < 1.29 is 4.79 Å². The van der Waals surface area contributed by atoms with Gasteiger partial charge in [0, 0.05) is 6.92 Å². The van der Waals surface area contributed by atoms with Gasteiger partial charge in [-0.15, -0.1) is 0 Å². The van der Waals surface area contributed by atoms with Gasteiger partial charge in [0.2, 0.25) is 5.91 Å². The second-order valence-corrected chi connectivity index (χ2v) is 2.51. The number of hydrogen-bond acceptors (Lipinski definition) is 3. The standard InChI is InChI=1S/C8H11N5O/c1-7(14)13(12-11-10-9)8-5-3-2-4-6-8/h2-6H,1H3,(H2,9,11)(H,10,12). The van der Waals surface area contributed by atoms with Crippen LogP contribution >= 0.6 is 0 Å². The van der Waals surface area contributed by atoms with Gasteiger partial charge in [0.15, 0.2) is 0 Å². The van der Waals surface area contributed by atoms with Gasteiger partial charge in [-0.05, 0) is 17.4 Å². The number of nitrogens with zero attached hydrogens (tertiary/aromatic N) is 3. The van der Waals surface area contributed by atoms with Crippen molar-refractivity contribution in [3.63, 3.8) is 0 Å². The maximum absolute atomic E-state index is 11.2. The number of para-hydroxylation sites is 1. The van der Waals surface area contributed by atoms with E-state index in [4.69, 9.17) is 5.84 Å². The van der Waals surface area contributed by atoms with Crippen molar-refractivity contribution in [2.24, 2.45) is 16.3 Å². The average Bonchev–Trinajstić information content (AvgIpc) is 2.19. The van der Waals surface area contributed by atoms with E-state index in [1.807, 2.05) is 18.2 Å². The van der Waals surface area contributed by atoms with Gasteiger partial charge in [-0.3, -0.25) is 4.79 Å². The van der Waals surface area contributed by atoms with Crippen LogP contribution in [-0.2, 0) is 4.79 Å². The van der Waals surface area contributed by atoms with Crippen LogP contribution in [0.25, 0.3) is 0 Å². The minimum Gasteiger partial charge on any atom is -0.303 e. The summed E-state index contributed by atoms with van der Waals surface area (Å²) in [6.07, 6.45) is 0. The first-order valence-corrected chi connectivity index (χ1v) is 3.97. The number of carbonyl (C=O) groups is 1. The molecule has 6 nitrogen and oxygen atoms in total. The molecule has 6 heteroatoms. The summed E-state index contributed by atoms with van der Waals surface area (Å²) < 4.78 is 0. The quantitative estimate of drug-likeness (QED) is 0.423. The number of anilines is 1. The third-order valence-electron chi connectivity index (χ3n) is 1.53. The lowest BCUT2D eigenvalue weighted by Crippen LogP contribution is -2.38. The summed E-state index contributed by atoms with van der Waals surface area (Å²) in [7, 11) is 0. The highest BCUT2D eigenvalue weighted by Crippen LogP contribution is 2.10. The van der Waals surface area contributed by atoms with E-state index in [1.165, 1.54) is 11.9 Å². The first kappa shape index (κ1) is 9.97. The lowest BCUT2D eigenvalue weighted by atomic mass is 10.3. The fraction of sp³-hybridized carbons (Fsp3) is 0.125. The Morgan fingerprint density at radius 3 is 2.57 bits per heavy atom. The molecule has 1 amide bonds. The molecule has 0 bridgehead atoms. The van der Waals surface area contributed by atoms with Crippen LogP contribution in [0.1, 0.15) is 6.92 Å². The highest BCUT2D eigenvalue weighted by Gasteiger charge is 2.08. The molecule has 1 rings (SSSR count). The number of rotatable bonds is 3. The summed E-state index contributed by atoms with van der Waals surface area (Å²) in [6, 6.07) is 9.01.